The minimum atomic E-state index is -3.58. The molecule has 8 nitrogen and oxygen atoms in total. The zero-order chi connectivity index (χ0) is 20.7. The highest BCUT2D eigenvalue weighted by molar-refractivity contribution is 7.89. The number of carbonyl (C=O) groups is 2. The van der Waals surface area contributed by atoms with Crippen molar-refractivity contribution in [1.29, 1.82) is 0 Å². The van der Waals surface area contributed by atoms with E-state index in [2.05, 4.69) is 4.98 Å². The summed E-state index contributed by atoms with van der Waals surface area (Å²) < 4.78 is 36.3. The molecule has 1 aromatic heterocycles. The van der Waals surface area contributed by atoms with Crippen LogP contribution in [0.5, 0.6) is 0 Å². The highest BCUT2D eigenvalue weighted by Crippen LogP contribution is 2.17. The number of benzene rings is 1. The number of sulfonamides is 1. The Morgan fingerprint density at radius 1 is 1.04 bits per heavy atom. The minimum Gasteiger partial charge on any atom is -0.461 e. The van der Waals surface area contributed by atoms with Crippen LogP contribution in [0.1, 0.15) is 46.6 Å². The maximum Gasteiger partial charge on any atom is 0.367 e. The Morgan fingerprint density at radius 3 is 2.25 bits per heavy atom. The molecule has 0 radical (unpaired) electrons. The normalized spacial score (nSPS) is 11.4. The van der Waals surface area contributed by atoms with Crippen LogP contribution in [0.3, 0.4) is 0 Å². The molecule has 0 aliphatic heterocycles. The number of thiazole rings is 1. The van der Waals surface area contributed by atoms with Gasteiger partial charge in [-0.25, -0.2) is 23.0 Å². The maximum atomic E-state index is 12.5. The molecular weight excluding hydrogens is 404 g/mol. The highest BCUT2D eigenvalue weighted by Gasteiger charge is 2.22. The summed E-state index contributed by atoms with van der Waals surface area (Å²) in [6.07, 6.45) is 0. The van der Waals surface area contributed by atoms with E-state index in [9.17, 15) is 18.0 Å². The third kappa shape index (κ3) is 5.15. The molecule has 2 aromatic rings. The van der Waals surface area contributed by atoms with Crippen molar-refractivity contribution in [2.24, 2.45) is 0 Å². The molecule has 0 unspecified atom stereocenters. The molecule has 0 aliphatic rings. The first-order chi connectivity index (χ1) is 13.3. The van der Waals surface area contributed by atoms with Crippen molar-refractivity contribution in [3.05, 3.63) is 45.9 Å². The lowest BCUT2D eigenvalue weighted by atomic mass is 10.2. The van der Waals surface area contributed by atoms with Crippen molar-refractivity contribution < 1.29 is 27.5 Å². The summed E-state index contributed by atoms with van der Waals surface area (Å²) >= 11 is 1.11. The Bertz CT molecular complexity index is 918. The third-order valence-corrected chi connectivity index (χ3v) is 6.72. The first kappa shape index (κ1) is 22.0. The molecule has 1 aromatic carbocycles. The third-order valence-electron chi connectivity index (χ3n) is 3.79. The molecule has 0 saturated carbocycles. The van der Waals surface area contributed by atoms with Gasteiger partial charge in [0.25, 0.3) is 0 Å². The van der Waals surface area contributed by atoms with E-state index in [0.717, 1.165) is 11.3 Å². The van der Waals surface area contributed by atoms with E-state index in [1.54, 1.807) is 26.2 Å². The predicted octanol–water partition coefficient (Wildman–Crippen LogP) is 2.71. The second kappa shape index (κ2) is 9.76. The Hall–Kier alpha value is -2.30. The summed E-state index contributed by atoms with van der Waals surface area (Å²) in [6, 6.07) is 5.57. The van der Waals surface area contributed by atoms with Crippen molar-refractivity contribution in [2.45, 2.75) is 32.3 Å². The average Bonchev–Trinajstić information content (AvgIpc) is 3.16. The molecule has 0 spiro atoms. The molecule has 28 heavy (non-hydrogen) atoms. The minimum absolute atomic E-state index is 0.103. The van der Waals surface area contributed by atoms with Crippen molar-refractivity contribution in [3.63, 3.8) is 0 Å². The number of hydrogen-bond donors (Lipinski definition) is 0. The summed E-state index contributed by atoms with van der Waals surface area (Å²) in [5.74, 6) is -1.13. The molecule has 152 valence electrons. The molecule has 2 rings (SSSR count). The van der Waals surface area contributed by atoms with E-state index in [1.807, 2.05) is 0 Å². The Morgan fingerprint density at radius 2 is 1.68 bits per heavy atom. The number of rotatable bonds is 9. The van der Waals surface area contributed by atoms with E-state index in [0.29, 0.717) is 18.8 Å². The summed E-state index contributed by atoms with van der Waals surface area (Å²) in [6.45, 7) is 6.11. The van der Waals surface area contributed by atoms with E-state index >= 15 is 0 Å². The van der Waals surface area contributed by atoms with E-state index in [1.165, 1.54) is 28.6 Å². The first-order valence-corrected chi connectivity index (χ1v) is 11.0. The molecule has 10 heteroatoms. The smallest absolute Gasteiger partial charge is 0.367 e. The number of hydrogen-bond acceptors (Lipinski definition) is 8. The van der Waals surface area contributed by atoms with Crippen LogP contribution in [0, 0.1) is 0 Å². The van der Waals surface area contributed by atoms with Gasteiger partial charge in [-0.05, 0) is 31.2 Å². The van der Waals surface area contributed by atoms with Crippen LogP contribution in [0.2, 0.25) is 0 Å². The van der Waals surface area contributed by atoms with Crippen LogP contribution in [0.15, 0.2) is 34.5 Å². The van der Waals surface area contributed by atoms with E-state index < -0.39 is 22.0 Å². The van der Waals surface area contributed by atoms with Crippen LogP contribution < -0.4 is 0 Å². The molecule has 0 aliphatic carbocycles. The van der Waals surface area contributed by atoms with Crippen LogP contribution in [-0.4, -0.2) is 49.3 Å². The fourth-order valence-corrected chi connectivity index (χ4v) is 4.51. The fourth-order valence-electron chi connectivity index (χ4n) is 2.36. The largest absolute Gasteiger partial charge is 0.461 e. The summed E-state index contributed by atoms with van der Waals surface area (Å²) in [5, 5.41) is 1.80. The lowest BCUT2D eigenvalue weighted by Gasteiger charge is -2.18. The second-order valence-corrected chi connectivity index (χ2v) is 8.35. The standard InChI is InChI=1S/C18H22N2O6S2/c1-4-20(5-2)28(23,24)15-9-7-13(8-10-15)17(21)26-11-14-12-27-16(19-14)18(22)25-6-3/h7-10,12H,4-6,11H2,1-3H3. The van der Waals surface area contributed by atoms with E-state index in [-0.39, 0.29) is 28.7 Å². The topological polar surface area (TPSA) is 103 Å². The van der Waals surface area contributed by atoms with E-state index in [4.69, 9.17) is 9.47 Å². The van der Waals surface area contributed by atoms with Gasteiger partial charge in [0.2, 0.25) is 15.0 Å². The Kier molecular flexibility index (Phi) is 7.67. The lowest BCUT2D eigenvalue weighted by molar-refractivity contribution is 0.0468. The van der Waals surface area contributed by atoms with Gasteiger partial charge in [0.15, 0.2) is 0 Å². The van der Waals surface area contributed by atoms with Gasteiger partial charge in [0, 0.05) is 18.5 Å². The van der Waals surface area contributed by atoms with Gasteiger partial charge >= 0.3 is 11.9 Å². The van der Waals surface area contributed by atoms with Crippen molar-refractivity contribution in [3.8, 4) is 0 Å². The number of esters is 2. The number of nitrogens with zero attached hydrogens (tertiary/aromatic N) is 2. The Labute approximate surface area is 168 Å². The van der Waals surface area contributed by atoms with Crippen LogP contribution >= 0.6 is 11.3 Å². The van der Waals surface area contributed by atoms with Gasteiger partial charge in [-0.3, -0.25) is 0 Å². The Balaban J connectivity index is 2.01. The van der Waals surface area contributed by atoms with Crippen molar-refractivity contribution in [1.82, 2.24) is 9.29 Å². The fraction of sp³-hybridized carbons (Fsp3) is 0.389. The molecule has 0 atom stereocenters. The van der Waals surface area contributed by atoms with Gasteiger partial charge in [-0.1, -0.05) is 13.8 Å². The van der Waals surface area contributed by atoms with Gasteiger partial charge in [0.05, 0.1) is 22.8 Å². The number of aromatic nitrogens is 1. The molecule has 0 bridgehead atoms. The number of carbonyl (C=O) groups excluding carboxylic acids is 2. The summed E-state index contributed by atoms with van der Waals surface area (Å²) in [7, 11) is -3.58. The SMILES string of the molecule is CCOC(=O)c1nc(COC(=O)c2ccc(S(=O)(=O)N(CC)CC)cc2)cs1. The quantitative estimate of drug-likeness (QED) is 0.568. The lowest BCUT2D eigenvalue weighted by Crippen LogP contribution is -2.30. The van der Waals surface area contributed by atoms with Gasteiger partial charge in [-0.15, -0.1) is 11.3 Å². The molecular formula is C18H22N2O6S2. The van der Waals surface area contributed by atoms with Crippen LogP contribution in [-0.2, 0) is 26.1 Å². The predicted molar refractivity (Wildman–Crippen MR) is 104 cm³/mol. The molecule has 0 saturated heterocycles. The van der Waals surface area contributed by atoms with Gasteiger partial charge < -0.3 is 9.47 Å². The van der Waals surface area contributed by atoms with Gasteiger partial charge in [0.1, 0.15) is 6.61 Å². The monoisotopic (exact) mass is 426 g/mol. The molecule has 0 fully saturated rings. The second-order valence-electron chi connectivity index (χ2n) is 5.55. The number of ether oxygens (including phenoxy) is 2. The summed E-state index contributed by atoms with van der Waals surface area (Å²) in [5.41, 5.74) is 0.654. The zero-order valence-corrected chi connectivity index (χ0v) is 17.5. The summed E-state index contributed by atoms with van der Waals surface area (Å²) in [4.78, 5) is 27.9. The van der Waals surface area contributed by atoms with Crippen LogP contribution in [0.25, 0.3) is 0 Å². The first-order valence-electron chi connectivity index (χ1n) is 8.72. The van der Waals surface area contributed by atoms with Gasteiger partial charge in [-0.2, -0.15) is 4.31 Å². The average molecular weight is 427 g/mol. The van der Waals surface area contributed by atoms with Crippen molar-refractivity contribution in [2.75, 3.05) is 19.7 Å². The highest BCUT2D eigenvalue weighted by atomic mass is 32.2. The maximum absolute atomic E-state index is 12.5. The zero-order valence-electron chi connectivity index (χ0n) is 15.9. The molecule has 0 amide bonds. The van der Waals surface area contributed by atoms with Crippen molar-refractivity contribution >= 4 is 33.3 Å². The molecule has 1 heterocycles. The molecule has 0 N–H and O–H groups in total. The van der Waals surface area contributed by atoms with Crippen LogP contribution in [0.4, 0.5) is 0 Å².